The maximum Gasteiger partial charge on any atom is 0.159 e. The Hall–Kier alpha value is -1.81. The Morgan fingerprint density at radius 1 is 0.944 bits per heavy atom. The van der Waals surface area contributed by atoms with E-state index in [9.17, 15) is 8.78 Å². The molecule has 2 aromatic rings. The van der Waals surface area contributed by atoms with E-state index in [2.05, 4.69) is 0 Å². The zero-order valence-electron chi connectivity index (χ0n) is 9.44. The van der Waals surface area contributed by atoms with Gasteiger partial charge in [0.2, 0.25) is 0 Å². The van der Waals surface area contributed by atoms with E-state index in [0.717, 1.165) is 17.7 Å². The van der Waals surface area contributed by atoms with Gasteiger partial charge in [-0.25, -0.2) is 8.78 Å². The largest absolute Gasteiger partial charge is 0.393 e. The van der Waals surface area contributed by atoms with E-state index < -0.39 is 17.6 Å². The summed E-state index contributed by atoms with van der Waals surface area (Å²) in [6.07, 6.45) is 0. The molecule has 0 aliphatic carbocycles. The molecule has 2 rings (SSSR count). The molecule has 2 N–H and O–H groups in total. The molecule has 0 heterocycles. The van der Waals surface area contributed by atoms with Crippen molar-refractivity contribution < 1.29 is 8.78 Å². The first kappa shape index (κ1) is 12.6. The van der Waals surface area contributed by atoms with Crippen LogP contribution in [0.2, 0.25) is 0 Å². The predicted molar refractivity (Wildman–Crippen MR) is 71.4 cm³/mol. The fourth-order valence-electron chi connectivity index (χ4n) is 1.86. The Morgan fingerprint density at radius 2 is 1.61 bits per heavy atom. The van der Waals surface area contributed by atoms with Gasteiger partial charge in [-0.05, 0) is 23.3 Å². The highest BCUT2D eigenvalue weighted by molar-refractivity contribution is 7.80. The van der Waals surface area contributed by atoms with Crippen LogP contribution >= 0.6 is 12.2 Å². The first-order valence-corrected chi connectivity index (χ1v) is 5.79. The van der Waals surface area contributed by atoms with Crippen LogP contribution in [0, 0.1) is 11.6 Å². The number of rotatable bonds is 3. The highest BCUT2D eigenvalue weighted by Gasteiger charge is 2.18. The molecule has 1 atom stereocenters. The van der Waals surface area contributed by atoms with Crippen LogP contribution < -0.4 is 5.73 Å². The lowest BCUT2D eigenvalue weighted by Crippen LogP contribution is -2.20. The van der Waals surface area contributed by atoms with Crippen molar-refractivity contribution in [1.29, 1.82) is 0 Å². The molecule has 0 radical (unpaired) electrons. The maximum absolute atomic E-state index is 13.3. The molecule has 1 unspecified atom stereocenters. The Bertz CT molecular complexity index is 569. The number of hydrogen-bond donors (Lipinski definition) is 1. The molecule has 0 spiro atoms. The second-order valence-corrected chi connectivity index (χ2v) is 4.39. The summed E-state index contributed by atoms with van der Waals surface area (Å²) in [7, 11) is 0. The molecular formula is C14H11F2NS. The minimum absolute atomic E-state index is 0.229. The molecule has 0 fully saturated rings. The van der Waals surface area contributed by atoms with Crippen LogP contribution in [-0.2, 0) is 0 Å². The summed E-state index contributed by atoms with van der Waals surface area (Å²) in [4.78, 5) is 0.229. The van der Waals surface area contributed by atoms with E-state index in [4.69, 9.17) is 18.0 Å². The molecule has 0 bridgehead atoms. The maximum atomic E-state index is 13.3. The van der Waals surface area contributed by atoms with E-state index in [1.54, 1.807) is 0 Å². The van der Waals surface area contributed by atoms with Crippen LogP contribution in [-0.4, -0.2) is 4.99 Å². The third-order valence-electron chi connectivity index (χ3n) is 2.69. The smallest absolute Gasteiger partial charge is 0.159 e. The van der Waals surface area contributed by atoms with Crippen molar-refractivity contribution in [3.8, 4) is 0 Å². The SMILES string of the molecule is NC(=S)C(c1ccccc1)c1ccc(F)c(F)c1. The number of benzene rings is 2. The van der Waals surface area contributed by atoms with Gasteiger partial charge in [-0.2, -0.15) is 0 Å². The van der Waals surface area contributed by atoms with Crippen LogP contribution in [0.1, 0.15) is 17.0 Å². The summed E-state index contributed by atoms with van der Waals surface area (Å²) in [6, 6.07) is 13.0. The summed E-state index contributed by atoms with van der Waals surface area (Å²) < 4.78 is 26.2. The molecule has 0 saturated heterocycles. The standard InChI is InChI=1S/C14H11F2NS/c15-11-7-6-10(8-12(11)16)13(14(17)18)9-4-2-1-3-5-9/h1-8,13H,(H2,17,18). The first-order chi connectivity index (χ1) is 8.59. The van der Waals surface area contributed by atoms with Gasteiger partial charge in [-0.15, -0.1) is 0 Å². The van der Waals surface area contributed by atoms with E-state index in [1.807, 2.05) is 30.3 Å². The van der Waals surface area contributed by atoms with Gasteiger partial charge in [-0.1, -0.05) is 48.6 Å². The third kappa shape index (κ3) is 2.54. The summed E-state index contributed by atoms with van der Waals surface area (Å²) in [6.45, 7) is 0. The molecule has 0 aliphatic heterocycles. The Balaban J connectivity index is 2.49. The van der Waals surface area contributed by atoms with Crippen molar-refractivity contribution in [2.75, 3.05) is 0 Å². The lowest BCUT2D eigenvalue weighted by atomic mass is 9.91. The van der Waals surface area contributed by atoms with Crippen LogP contribution in [0.15, 0.2) is 48.5 Å². The molecular weight excluding hydrogens is 252 g/mol. The average molecular weight is 263 g/mol. The van der Waals surface area contributed by atoms with Crippen LogP contribution in [0.5, 0.6) is 0 Å². The third-order valence-corrected chi connectivity index (χ3v) is 2.93. The molecule has 18 heavy (non-hydrogen) atoms. The minimum atomic E-state index is -0.898. The van der Waals surface area contributed by atoms with Crippen LogP contribution in [0.3, 0.4) is 0 Å². The highest BCUT2D eigenvalue weighted by Crippen LogP contribution is 2.26. The second-order valence-electron chi connectivity index (χ2n) is 3.92. The fraction of sp³-hybridized carbons (Fsp3) is 0.0714. The lowest BCUT2D eigenvalue weighted by Gasteiger charge is -2.16. The zero-order chi connectivity index (χ0) is 13.1. The van der Waals surface area contributed by atoms with E-state index >= 15 is 0 Å². The highest BCUT2D eigenvalue weighted by atomic mass is 32.1. The van der Waals surface area contributed by atoms with Crippen molar-refractivity contribution in [3.05, 3.63) is 71.3 Å². The van der Waals surface area contributed by atoms with Crippen molar-refractivity contribution in [2.45, 2.75) is 5.92 Å². The molecule has 92 valence electrons. The minimum Gasteiger partial charge on any atom is -0.393 e. The Kier molecular flexibility index (Phi) is 3.67. The van der Waals surface area contributed by atoms with Crippen LogP contribution in [0.25, 0.3) is 0 Å². The van der Waals surface area contributed by atoms with Crippen molar-refractivity contribution in [2.24, 2.45) is 5.73 Å². The predicted octanol–water partition coefficient (Wildman–Crippen LogP) is 3.38. The van der Waals surface area contributed by atoms with E-state index in [1.165, 1.54) is 6.07 Å². The number of hydrogen-bond acceptors (Lipinski definition) is 1. The van der Waals surface area contributed by atoms with Crippen molar-refractivity contribution in [3.63, 3.8) is 0 Å². The van der Waals surface area contributed by atoms with Crippen molar-refractivity contribution in [1.82, 2.24) is 0 Å². The molecule has 0 saturated carbocycles. The summed E-state index contributed by atoms with van der Waals surface area (Å²) in [5, 5.41) is 0. The van der Waals surface area contributed by atoms with Crippen molar-refractivity contribution >= 4 is 17.2 Å². The Morgan fingerprint density at radius 3 is 2.17 bits per heavy atom. The number of halogens is 2. The molecule has 0 aromatic heterocycles. The normalized spacial score (nSPS) is 12.1. The van der Waals surface area contributed by atoms with Gasteiger partial charge in [0.15, 0.2) is 11.6 Å². The lowest BCUT2D eigenvalue weighted by molar-refractivity contribution is 0.507. The van der Waals surface area contributed by atoms with Gasteiger partial charge in [0.05, 0.1) is 10.9 Å². The van der Waals surface area contributed by atoms with Crippen LogP contribution in [0.4, 0.5) is 8.78 Å². The monoisotopic (exact) mass is 263 g/mol. The molecule has 1 nitrogen and oxygen atoms in total. The summed E-state index contributed by atoms with van der Waals surface area (Å²) in [5.74, 6) is -2.19. The molecule has 0 amide bonds. The molecule has 4 heteroatoms. The van der Waals surface area contributed by atoms with Gasteiger partial charge >= 0.3 is 0 Å². The van der Waals surface area contributed by atoms with Gasteiger partial charge in [-0.3, -0.25) is 0 Å². The van der Waals surface area contributed by atoms with Gasteiger partial charge < -0.3 is 5.73 Å². The number of thiocarbonyl (C=S) groups is 1. The van der Waals surface area contributed by atoms with Gasteiger partial charge in [0.1, 0.15) is 0 Å². The summed E-state index contributed by atoms with van der Waals surface area (Å²) in [5.41, 5.74) is 7.11. The zero-order valence-corrected chi connectivity index (χ0v) is 10.3. The molecule has 0 aliphatic rings. The molecule has 2 aromatic carbocycles. The quantitative estimate of drug-likeness (QED) is 0.859. The Labute approximate surface area is 109 Å². The van der Waals surface area contributed by atoms with Gasteiger partial charge in [0, 0.05) is 0 Å². The topological polar surface area (TPSA) is 26.0 Å². The average Bonchev–Trinajstić information content (AvgIpc) is 2.35. The van der Waals surface area contributed by atoms with E-state index in [0.29, 0.717) is 5.56 Å². The number of nitrogens with two attached hydrogens (primary N) is 1. The summed E-state index contributed by atoms with van der Waals surface area (Å²) >= 11 is 5.02. The van der Waals surface area contributed by atoms with Gasteiger partial charge in [0.25, 0.3) is 0 Å². The second kappa shape index (κ2) is 5.23. The first-order valence-electron chi connectivity index (χ1n) is 5.39. The fourth-order valence-corrected chi connectivity index (χ4v) is 2.13. The van der Waals surface area contributed by atoms with E-state index in [-0.39, 0.29) is 4.99 Å².